The summed E-state index contributed by atoms with van der Waals surface area (Å²) in [4.78, 5) is 0. The molecule has 1 atom stereocenters. The third kappa shape index (κ3) is 2.28. The van der Waals surface area contributed by atoms with Gasteiger partial charge in [0.25, 0.3) is 10.1 Å². The first-order chi connectivity index (χ1) is 6.05. The van der Waals surface area contributed by atoms with Crippen molar-refractivity contribution in [1.29, 1.82) is 5.26 Å². The molecule has 0 aliphatic rings. The van der Waals surface area contributed by atoms with Crippen molar-refractivity contribution < 1.29 is 13.0 Å². The van der Waals surface area contributed by atoms with Gasteiger partial charge < -0.3 is 0 Å². The smallest absolute Gasteiger partial charge is 0.284 e. The van der Waals surface area contributed by atoms with Crippen LogP contribution in [0.3, 0.4) is 0 Å². The molecule has 1 aromatic carbocycles. The molecular weight excluding hydrogens is 190 g/mol. The lowest BCUT2D eigenvalue weighted by Crippen LogP contribution is -2.09. The third-order valence-corrected chi connectivity index (χ3v) is 2.49. The van der Waals surface area contributed by atoms with E-state index in [1.807, 2.05) is 0 Å². The highest BCUT2D eigenvalue weighted by molar-refractivity contribution is 7.86. The van der Waals surface area contributed by atoms with Crippen molar-refractivity contribution in [3.8, 4) is 6.07 Å². The van der Waals surface area contributed by atoms with Gasteiger partial charge in [-0.05, 0) is 5.56 Å². The molecule has 0 aliphatic carbocycles. The van der Waals surface area contributed by atoms with E-state index in [0.717, 1.165) is 0 Å². The van der Waals surface area contributed by atoms with Crippen molar-refractivity contribution in [2.24, 2.45) is 0 Å². The molecule has 1 aromatic rings. The Kier molecular flexibility index (Phi) is 2.66. The summed E-state index contributed by atoms with van der Waals surface area (Å²) < 4.78 is 30.1. The van der Waals surface area contributed by atoms with Gasteiger partial charge in [0, 0.05) is 0 Å². The van der Waals surface area contributed by atoms with Crippen molar-refractivity contribution in [3.63, 3.8) is 0 Å². The first kappa shape index (κ1) is 9.71. The van der Waals surface area contributed by atoms with Gasteiger partial charge in [-0.2, -0.15) is 13.7 Å². The highest BCUT2D eigenvalue weighted by Crippen LogP contribution is 2.19. The fraction of sp³-hybridized carbons (Fsp3) is 0.125. The Labute approximate surface area is 76.2 Å². The van der Waals surface area contributed by atoms with Gasteiger partial charge in [-0.25, -0.2) is 0 Å². The van der Waals surface area contributed by atoms with Gasteiger partial charge in [0.2, 0.25) is 0 Å². The zero-order valence-corrected chi connectivity index (χ0v) is 7.40. The number of nitrogens with zero attached hydrogens (tertiary/aromatic N) is 1. The van der Waals surface area contributed by atoms with E-state index >= 15 is 0 Å². The van der Waals surface area contributed by atoms with Crippen molar-refractivity contribution >= 4 is 10.1 Å². The van der Waals surface area contributed by atoms with Crippen molar-refractivity contribution in [2.45, 2.75) is 5.25 Å². The van der Waals surface area contributed by atoms with E-state index in [1.165, 1.54) is 18.2 Å². The molecule has 0 aliphatic heterocycles. The highest BCUT2D eigenvalue weighted by atomic mass is 32.2. The lowest BCUT2D eigenvalue weighted by Gasteiger charge is -2.04. The number of hydrogen-bond acceptors (Lipinski definition) is 3. The lowest BCUT2D eigenvalue weighted by molar-refractivity contribution is 0.477. The van der Waals surface area contributed by atoms with Gasteiger partial charge in [-0.15, -0.1) is 0 Å². The zero-order chi connectivity index (χ0) is 9.90. The summed E-state index contributed by atoms with van der Waals surface area (Å²) in [7, 11) is -4.33. The minimum Gasteiger partial charge on any atom is -0.284 e. The van der Waals surface area contributed by atoms with E-state index in [2.05, 4.69) is 0 Å². The normalized spacial score (nSPS) is 13.2. The summed E-state index contributed by atoms with van der Waals surface area (Å²) in [6.07, 6.45) is 0. The molecule has 13 heavy (non-hydrogen) atoms. The highest BCUT2D eigenvalue weighted by Gasteiger charge is 2.23. The standard InChI is InChI=1S/C8H7NO3S/c9-6-8(13(10,11)12)7-4-2-1-3-5-7/h1-5,8H,(H,10,11,12). The molecule has 0 fully saturated rings. The van der Waals surface area contributed by atoms with E-state index in [1.54, 1.807) is 18.2 Å². The number of benzene rings is 1. The van der Waals surface area contributed by atoms with Crippen LogP contribution >= 0.6 is 0 Å². The summed E-state index contributed by atoms with van der Waals surface area (Å²) in [5, 5.41) is 7.03. The fourth-order valence-corrected chi connectivity index (χ4v) is 1.58. The van der Waals surface area contributed by atoms with Crippen LogP contribution in [0.15, 0.2) is 30.3 Å². The summed E-state index contributed by atoms with van der Waals surface area (Å²) in [6.45, 7) is 0. The van der Waals surface area contributed by atoms with Crippen LogP contribution in [-0.2, 0) is 10.1 Å². The Morgan fingerprint density at radius 1 is 1.31 bits per heavy atom. The molecule has 0 radical (unpaired) electrons. The minimum absolute atomic E-state index is 0.271. The molecule has 0 aromatic heterocycles. The van der Waals surface area contributed by atoms with Crippen LogP contribution in [0.4, 0.5) is 0 Å². The molecule has 0 amide bonds. The van der Waals surface area contributed by atoms with E-state index in [4.69, 9.17) is 9.81 Å². The first-order valence-electron chi connectivity index (χ1n) is 3.46. The molecule has 0 bridgehead atoms. The van der Waals surface area contributed by atoms with Gasteiger partial charge in [-0.1, -0.05) is 30.3 Å². The summed E-state index contributed by atoms with van der Waals surface area (Å²) >= 11 is 0. The summed E-state index contributed by atoms with van der Waals surface area (Å²) in [6, 6.07) is 9.37. The van der Waals surface area contributed by atoms with Crippen LogP contribution in [0, 0.1) is 11.3 Å². The van der Waals surface area contributed by atoms with Gasteiger partial charge in [0.15, 0.2) is 5.25 Å². The molecule has 1 rings (SSSR count). The van der Waals surface area contributed by atoms with Crippen LogP contribution in [0.5, 0.6) is 0 Å². The maximum Gasteiger partial charge on any atom is 0.285 e. The van der Waals surface area contributed by atoms with Gasteiger partial charge in [0.1, 0.15) is 0 Å². The minimum atomic E-state index is -4.33. The number of rotatable bonds is 2. The zero-order valence-electron chi connectivity index (χ0n) is 6.58. The summed E-state index contributed by atoms with van der Waals surface area (Å²) in [5.41, 5.74) is 0.271. The predicted molar refractivity (Wildman–Crippen MR) is 46.3 cm³/mol. The van der Waals surface area contributed by atoms with Crippen LogP contribution in [-0.4, -0.2) is 13.0 Å². The van der Waals surface area contributed by atoms with Crippen molar-refractivity contribution in [1.82, 2.24) is 0 Å². The monoisotopic (exact) mass is 197 g/mol. The van der Waals surface area contributed by atoms with Crippen LogP contribution in [0.25, 0.3) is 0 Å². The van der Waals surface area contributed by atoms with E-state index in [9.17, 15) is 8.42 Å². The molecule has 1 unspecified atom stereocenters. The third-order valence-electron chi connectivity index (χ3n) is 1.52. The Morgan fingerprint density at radius 2 is 1.85 bits per heavy atom. The van der Waals surface area contributed by atoms with Crippen LogP contribution < -0.4 is 0 Å². The van der Waals surface area contributed by atoms with Crippen molar-refractivity contribution in [2.75, 3.05) is 0 Å². The average molecular weight is 197 g/mol. The Bertz CT molecular complexity index is 418. The van der Waals surface area contributed by atoms with Crippen LogP contribution in [0.2, 0.25) is 0 Å². The SMILES string of the molecule is N#CC(c1ccccc1)S(=O)(=O)O. The molecule has 5 heteroatoms. The molecule has 68 valence electrons. The average Bonchev–Trinajstić information content (AvgIpc) is 2.05. The quantitative estimate of drug-likeness (QED) is 0.721. The largest absolute Gasteiger partial charge is 0.285 e. The fourth-order valence-electron chi connectivity index (χ4n) is 0.941. The molecule has 0 saturated heterocycles. The van der Waals surface area contributed by atoms with E-state index in [0.29, 0.717) is 0 Å². The van der Waals surface area contributed by atoms with E-state index < -0.39 is 15.4 Å². The number of hydrogen-bond donors (Lipinski definition) is 1. The van der Waals surface area contributed by atoms with Gasteiger partial charge in [-0.3, -0.25) is 4.55 Å². The maximum absolute atomic E-state index is 10.7. The first-order valence-corrected chi connectivity index (χ1v) is 4.97. The lowest BCUT2D eigenvalue weighted by atomic mass is 10.2. The Hall–Kier alpha value is -1.38. The van der Waals surface area contributed by atoms with Gasteiger partial charge >= 0.3 is 0 Å². The molecule has 0 saturated carbocycles. The van der Waals surface area contributed by atoms with Gasteiger partial charge in [0.05, 0.1) is 6.07 Å². The molecule has 0 heterocycles. The van der Waals surface area contributed by atoms with Crippen LogP contribution in [0.1, 0.15) is 10.8 Å². The predicted octanol–water partition coefficient (Wildman–Crippen LogP) is 1.14. The second-order valence-electron chi connectivity index (χ2n) is 2.43. The second-order valence-corrected chi connectivity index (χ2v) is 3.94. The number of nitriles is 1. The second kappa shape index (κ2) is 3.56. The Balaban J connectivity index is 3.16. The van der Waals surface area contributed by atoms with E-state index in [-0.39, 0.29) is 5.56 Å². The van der Waals surface area contributed by atoms with Crippen molar-refractivity contribution in [3.05, 3.63) is 35.9 Å². The maximum atomic E-state index is 10.7. The topological polar surface area (TPSA) is 78.2 Å². The summed E-state index contributed by atoms with van der Waals surface area (Å²) in [5.74, 6) is 0. The molecule has 4 nitrogen and oxygen atoms in total. The molecule has 0 spiro atoms. The Morgan fingerprint density at radius 3 is 2.23 bits per heavy atom. The molecule has 1 N–H and O–H groups in total. The molecular formula is C8H7NO3S.